The fourth-order valence-electron chi connectivity index (χ4n) is 4.51. The zero-order chi connectivity index (χ0) is 23.4. The highest BCUT2D eigenvalue weighted by molar-refractivity contribution is 6.01. The summed E-state index contributed by atoms with van der Waals surface area (Å²) in [6.07, 6.45) is 3.51. The lowest BCUT2D eigenvalue weighted by Crippen LogP contribution is -2.30. The van der Waals surface area contributed by atoms with Crippen molar-refractivity contribution in [3.8, 4) is 0 Å². The molecule has 0 fully saturated rings. The van der Waals surface area contributed by atoms with Crippen molar-refractivity contribution in [3.63, 3.8) is 0 Å². The molecule has 2 amide bonds. The Morgan fingerprint density at radius 2 is 1.70 bits per heavy atom. The Morgan fingerprint density at radius 3 is 2.39 bits per heavy atom. The lowest BCUT2D eigenvalue weighted by molar-refractivity contribution is 0.0925. The molecule has 0 spiro atoms. The molecule has 2 unspecified atom stereocenters. The van der Waals surface area contributed by atoms with Gasteiger partial charge in [0.2, 0.25) is 0 Å². The van der Waals surface area contributed by atoms with Crippen LogP contribution in [0.3, 0.4) is 0 Å². The predicted octanol–water partition coefficient (Wildman–Crippen LogP) is 5.34. The molecule has 4 rings (SSSR count). The Balaban J connectivity index is 1.56. The summed E-state index contributed by atoms with van der Waals surface area (Å²) in [5, 5.41) is 6.15. The van der Waals surface area contributed by atoms with Gasteiger partial charge in [-0.3, -0.25) is 9.59 Å². The van der Waals surface area contributed by atoms with Crippen LogP contribution in [0.1, 0.15) is 82.9 Å². The van der Waals surface area contributed by atoms with E-state index in [1.165, 1.54) is 12.1 Å². The minimum absolute atomic E-state index is 0.0892. The number of hydrogen-bond acceptors (Lipinski definition) is 2. The number of halogens is 1. The highest BCUT2D eigenvalue weighted by atomic mass is 19.1. The molecule has 2 heterocycles. The monoisotopic (exact) mass is 447 g/mol. The van der Waals surface area contributed by atoms with E-state index >= 15 is 0 Å². The van der Waals surface area contributed by atoms with Crippen molar-refractivity contribution in [2.24, 2.45) is 0 Å². The van der Waals surface area contributed by atoms with E-state index in [-0.39, 0.29) is 29.7 Å². The minimum atomic E-state index is -0.311. The van der Waals surface area contributed by atoms with Gasteiger partial charge in [0.1, 0.15) is 11.5 Å². The van der Waals surface area contributed by atoms with Crippen LogP contribution in [0.15, 0.2) is 60.7 Å². The smallest absolute Gasteiger partial charge is 0.268 e. The van der Waals surface area contributed by atoms with Gasteiger partial charge >= 0.3 is 0 Å². The van der Waals surface area contributed by atoms with E-state index in [4.69, 9.17) is 0 Å². The fraction of sp³-hybridized carbons (Fsp3) is 0.333. The normalized spacial score (nSPS) is 14.8. The maximum atomic E-state index is 13.3. The first-order valence-corrected chi connectivity index (χ1v) is 11.6. The molecule has 1 aliphatic rings. The summed E-state index contributed by atoms with van der Waals surface area (Å²) < 4.78 is 15.2. The first-order valence-electron chi connectivity index (χ1n) is 11.6. The molecule has 6 heteroatoms. The van der Waals surface area contributed by atoms with Crippen LogP contribution in [0.5, 0.6) is 0 Å². The number of carbonyl (C=O) groups is 2. The quantitative estimate of drug-likeness (QED) is 0.514. The van der Waals surface area contributed by atoms with Crippen LogP contribution in [0.25, 0.3) is 0 Å². The second-order valence-electron chi connectivity index (χ2n) is 8.59. The second kappa shape index (κ2) is 10.0. The molecular formula is C27H30FN3O2. The van der Waals surface area contributed by atoms with Gasteiger partial charge in [-0.25, -0.2) is 4.39 Å². The molecule has 0 saturated heterocycles. The Morgan fingerprint density at radius 1 is 0.970 bits per heavy atom. The molecule has 2 N–H and O–H groups in total. The molecule has 0 radical (unpaired) electrons. The third kappa shape index (κ3) is 5.00. The second-order valence-corrected chi connectivity index (χ2v) is 8.59. The van der Waals surface area contributed by atoms with E-state index < -0.39 is 0 Å². The SMILES string of the molecule is CCC(NC(=O)c1cc(C(=O)NC(C)c2ccc(F)cc2)n2c1CCCC2)c1ccccc1. The summed E-state index contributed by atoms with van der Waals surface area (Å²) in [6.45, 7) is 4.62. The van der Waals surface area contributed by atoms with E-state index in [9.17, 15) is 14.0 Å². The van der Waals surface area contributed by atoms with Crippen LogP contribution >= 0.6 is 0 Å². The summed E-state index contributed by atoms with van der Waals surface area (Å²) in [6, 6.07) is 17.4. The maximum Gasteiger partial charge on any atom is 0.268 e. The van der Waals surface area contributed by atoms with Crippen molar-refractivity contribution >= 4 is 11.8 Å². The number of nitrogens with zero attached hydrogens (tertiary/aromatic N) is 1. The summed E-state index contributed by atoms with van der Waals surface area (Å²) in [7, 11) is 0. The first kappa shape index (κ1) is 22.8. The summed E-state index contributed by atoms with van der Waals surface area (Å²) >= 11 is 0. The lowest BCUT2D eigenvalue weighted by Gasteiger charge is -2.21. The van der Waals surface area contributed by atoms with Crippen molar-refractivity contribution < 1.29 is 14.0 Å². The molecule has 0 saturated carbocycles. The molecule has 2 atom stereocenters. The van der Waals surface area contributed by atoms with Crippen molar-refractivity contribution in [2.45, 2.75) is 58.2 Å². The van der Waals surface area contributed by atoms with Crippen LogP contribution in [0.2, 0.25) is 0 Å². The van der Waals surface area contributed by atoms with Gasteiger partial charge < -0.3 is 15.2 Å². The molecule has 2 aromatic carbocycles. The summed E-state index contributed by atoms with van der Waals surface area (Å²) in [5.74, 6) is -0.694. The van der Waals surface area contributed by atoms with Gasteiger partial charge in [0.15, 0.2) is 0 Å². The summed E-state index contributed by atoms with van der Waals surface area (Å²) in [4.78, 5) is 26.4. The number of aromatic nitrogens is 1. The third-order valence-corrected chi connectivity index (χ3v) is 6.36. The third-order valence-electron chi connectivity index (χ3n) is 6.36. The Bertz CT molecular complexity index is 1120. The number of benzene rings is 2. The predicted molar refractivity (Wildman–Crippen MR) is 127 cm³/mol. The maximum absolute atomic E-state index is 13.3. The van der Waals surface area contributed by atoms with Crippen molar-refractivity contribution in [2.75, 3.05) is 0 Å². The highest BCUT2D eigenvalue weighted by Gasteiger charge is 2.27. The van der Waals surface area contributed by atoms with Crippen molar-refractivity contribution in [3.05, 3.63) is 94.6 Å². The van der Waals surface area contributed by atoms with Gasteiger partial charge in [0, 0.05) is 12.2 Å². The number of hydrogen-bond donors (Lipinski definition) is 2. The van der Waals surface area contributed by atoms with Crippen molar-refractivity contribution in [1.29, 1.82) is 0 Å². The van der Waals surface area contributed by atoms with Crippen LogP contribution in [-0.4, -0.2) is 16.4 Å². The van der Waals surface area contributed by atoms with Crippen LogP contribution in [0, 0.1) is 5.82 Å². The number of rotatable bonds is 7. The van der Waals surface area contributed by atoms with E-state index in [1.807, 2.05) is 48.7 Å². The Labute approximate surface area is 194 Å². The topological polar surface area (TPSA) is 63.1 Å². The fourth-order valence-corrected chi connectivity index (χ4v) is 4.51. The Hall–Kier alpha value is -3.41. The zero-order valence-electron chi connectivity index (χ0n) is 19.1. The summed E-state index contributed by atoms with van der Waals surface area (Å²) in [5.41, 5.74) is 3.87. The van der Waals surface area contributed by atoms with Gasteiger partial charge in [0.05, 0.1) is 17.6 Å². The standard InChI is InChI=1S/C27H30FN3O2/c1-3-23(20-9-5-4-6-10-20)30-26(32)22-17-25(31-16-8-7-11-24(22)31)27(33)29-18(2)19-12-14-21(28)15-13-19/h4-6,9-10,12-15,17-18,23H,3,7-8,11,16H2,1-2H3,(H,29,33)(H,30,32). The van der Waals surface area contributed by atoms with Gasteiger partial charge in [-0.15, -0.1) is 0 Å². The molecular weight excluding hydrogens is 417 g/mol. The molecule has 3 aromatic rings. The number of carbonyl (C=O) groups excluding carboxylic acids is 2. The van der Waals surface area contributed by atoms with E-state index in [2.05, 4.69) is 10.6 Å². The molecule has 172 valence electrons. The average molecular weight is 448 g/mol. The lowest BCUT2D eigenvalue weighted by atomic mass is 10.0. The number of nitrogens with one attached hydrogen (secondary N) is 2. The van der Waals surface area contributed by atoms with Crippen LogP contribution < -0.4 is 10.6 Å². The number of amides is 2. The van der Waals surface area contributed by atoms with Crippen LogP contribution in [0.4, 0.5) is 4.39 Å². The largest absolute Gasteiger partial charge is 0.345 e. The van der Waals surface area contributed by atoms with Gasteiger partial charge in [-0.05, 0) is 61.9 Å². The molecule has 0 bridgehead atoms. The zero-order valence-corrected chi connectivity index (χ0v) is 19.1. The Kier molecular flexibility index (Phi) is 6.92. The minimum Gasteiger partial charge on any atom is -0.345 e. The van der Waals surface area contributed by atoms with E-state index in [0.717, 1.165) is 42.5 Å². The molecule has 0 aliphatic carbocycles. The highest BCUT2D eigenvalue weighted by Crippen LogP contribution is 2.26. The molecule has 5 nitrogen and oxygen atoms in total. The van der Waals surface area contributed by atoms with Gasteiger partial charge in [-0.2, -0.15) is 0 Å². The van der Waals surface area contributed by atoms with Crippen LogP contribution in [-0.2, 0) is 13.0 Å². The first-order chi connectivity index (χ1) is 16.0. The van der Waals surface area contributed by atoms with Gasteiger partial charge in [-0.1, -0.05) is 49.4 Å². The number of fused-ring (bicyclic) bond motifs is 1. The van der Waals surface area contributed by atoms with E-state index in [0.29, 0.717) is 17.8 Å². The van der Waals surface area contributed by atoms with E-state index in [1.54, 1.807) is 18.2 Å². The van der Waals surface area contributed by atoms with Crippen molar-refractivity contribution in [1.82, 2.24) is 15.2 Å². The van der Waals surface area contributed by atoms with Gasteiger partial charge in [0.25, 0.3) is 11.8 Å². The molecule has 1 aliphatic heterocycles. The molecule has 1 aromatic heterocycles. The molecule has 33 heavy (non-hydrogen) atoms. The average Bonchev–Trinajstić information content (AvgIpc) is 3.23.